The Kier molecular flexibility index (Phi) is 6.35. The Balaban J connectivity index is 2.18. The van der Waals surface area contributed by atoms with Crippen LogP contribution in [-0.2, 0) is 20.7 Å². The lowest BCUT2D eigenvalue weighted by atomic mass is 10.2. The van der Waals surface area contributed by atoms with E-state index in [1.54, 1.807) is 19.1 Å². The molecule has 0 radical (unpaired) electrons. The van der Waals surface area contributed by atoms with Gasteiger partial charge < -0.3 is 15.8 Å². The lowest BCUT2D eigenvalue weighted by Gasteiger charge is -2.05. The number of nitrogens with two attached hydrogens (primary N) is 1. The van der Waals surface area contributed by atoms with Gasteiger partial charge in [-0.25, -0.2) is 0 Å². The highest BCUT2D eigenvalue weighted by atomic mass is 16.5. The highest BCUT2D eigenvalue weighted by Gasteiger charge is 2.05. The Morgan fingerprint density at radius 3 is 2.84 bits per heavy atom. The molecule has 3 N–H and O–H groups in total. The fraction of sp³-hybridized carbons (Fsp3) is 0.462. The number of nitrogen functional groups attached to an aromatic ring is 1. The lowest BCUT2D eigenvalue weighted by Crippen LogP contribution is -2.26. The summed E-state index contributed by atoms with van der Waals surface area (Å²) in [6.07, 6.45) is 2.61. The van der Waals surface area contributed by atoms with Crippen molar-refractivity contribution in [3.63, 3.8) is 0 Å². The van der Waals surface area contributed by atoms with Gasteiger partial charge in [-0.3, -0.25) is 14.6 Å². The van der Waals surface area contributed by atoms with Gasteiger partial charge in [-0.05, 0) is 25.5 Å². The SMILES string of the molecule is CCOC(=O)CCCNC(=O)Cc1ccc(N)cn1. The number of aromatic nitrogens is 1. The minimum Gasteiger partial charge on any atom is -0.466 e. The van der Waals surface area contributed by atoms with Gasteiger partial charge in [0.2, 0.25) is 5.91 Å². The van der Waals surface area contributed by atoms with Gasteiger partial charge in [-0.2, -0.15) is 0 Å². The molecule has 104 valence electrons. The van der Waals surface area contributed by atoms with E-state index in [0.717, 1.165) is 0 Å². The van der Waals surface area contributed by atoms with E-state index >= 15 is 0 Å². The van der Waals surface area contributed by atoms with Crippen molar-refractivity contribution in [3.8, 4) is 0 Å². The number of pyridine rings is 1. The van der Waals surface area contributed by atoms with E-state index in [9.17, 15) is 9.59 Å². The van der Waals surface area contributed by atoms with Gasteiger partial charge >= 0.3 is 5.97 Å². The molecule has 1 aromatic heterocycles. The van der Waals surface area contributed by atoms with E-state index in [4.69, 9.17) is 10.5 Å². The van der Waals surface area contributed by atoms with Gasteiger partial charge in [0.05, 0.1) is 24.9 Å². The van der Waals surface area contributed by atoms with Crippen LogP contribution in [0, 0.1) is 0 Å². The highest BCUT2D eigenvalue weighted by molar-refractivity contribution is 5.78. The Hall–Kier alpha value is -2.11. The van der Waals surface area contributed by atoms with Crippen molar-refractivity contribution in [2.24, 2.45) is 0 Å². The van der Waals surface area contributed by atoms with Crippen molar-refractivity contribution >= 4 is 17.6 Å². The van der Waals surface area contributed by atoms with E-state index in [0.29, 0.717) is 37.4 Å². The maximum atomic E-state index is 11.6. The first kappa shape index (κ1) is 14.9. The molecule has 0 bridgehead atoms. The smallest absolute Gasteiger partial charge is 0.305 e. The van der Waals surface area contributed by atoms with Crippen LogP contribution in [0.5, 0.6) is 0 Å². The number of nitrogens with one attached hydrogen (secondary N) is 1. The summed E-state index contributed by atoms with van der Waals surface area (Å²) < 4.78 is 4.78. The van der Waals surface area contributed by atoms with Crippen LogP contribution in [0.2, 0.25) is 0 Å². The summed E-state index contributed by atoms with van der Waals surface area (Å²) in [5.41, 5.74) is 6.73. The van der Waals surface area contributed by atoms with Crippen LogP contribution < -0.4 is 11.1 Å². The normalized spacial score (nSPS) is 9.95. The number of nitrogens with zero attached hydrogens (tertiary/aromatic N) is 1. The molecule has 6 heteroatoms. The first-order valence-electron chi connectivity index (χ1n) is 6.24. The second kappa shape index (κ2) is 8.07. The Bertz CT molecular complexity index is 418. The number of carbonyl (C=O) groups excluding carboxylic acids is 2. The predicted octanol–water partition coefficient (Wildman–Crippen LogP) is 0.666. The molecule has 0 saturated heterocycles. The quantitative estimate of drug-likeness (QED) is 0.558. The Labute approximate surface area is 112 Å². The van der Waals surface area contributed by atoms with E-state index in [2.05, 4.69) is 10.3 Å². The van der Waals surface area contributed by atoms with Crippen LogP contribution in [0.15, 0.2) is 18.3 Å². The van der Waals surface area contributed by atoms with Gasteiger partial charge in [0.1, 0.15) is 0 Å². The van der Waals surface area contributed by atoms with Crippen LogP contribution in [-0.4, -0.2) is 30.0 Å². The summed E-state index contributed by atoms with van der Waals surface area (Å²) >= 11 is 0. The fourth-order valence-electron chi connectivity index (χ4n) is 1.46. The topological polar surface area (TPSA) is 94.3 Å². The minimum atomic E-state index is -0.239. The van der Waals surface area contributed by atoms with E-state index in [1.165, 1.54) is 6.20 Å². The van der Waals surface area contributed by atoms with Gasteiger partial charge in [-0.1, -0.05) is 0 Å². The molecule has 0 aromatic carbocycles. The van der Waals surface area contributed by atoms with Crippen LogP contribution in [0.3, 0.4) is 0 Å². The van der Waals surface area contributed by atoms with E-state index < -0.39 is 0 Å². The summed E-state index contributed by atoms with van der Waals surface area (Å²) in [6.45, 7) is 2.60. The second-order valence-electron chi connectivity index (χ2n) is 4.02. The van der Waals surface area contributed by atoms with Crippen molar-refractivity contribution in [2.75, 3.05) is 18.9 Å². The molecular formula is C13H19N3O3. The zero-order chi connectivity index (χ0) is 14.1. The first-order valence-corrected chi connectivity index (χ1v) is 6.24. The maximum Gasteiger partial charge on any atom is 0.305 e. The molecule has 0 fully saturated rings. The van der Waals surface area contributed by atoms with E-state index in [-0.39, 0.29) is 18.3 Å². The van der Waals surface area contributed by atoms with Crippen LogP contribution in [0.1, 0.15) is 25.5 Å². The maximum absolute atomic E-state index is 11.6. The van der Waals surface area contributed by atoms with E-state index in [1.807, 2.05) is 0 Å². The summed E-state index contributed by atoms with van der Waals surface area (Å²) in [7, 11) is 0. The average Bonchev–Trinajstić information content (AvgIpc) is 2.38. The van der Waals surface area contributed by atoms with Gasteiger partial charge in [0.25, 0.3) is 0 Å². The number of ether oxygens (including phenoxy) is 1. The molecule has 1 rings (SSSR count). The molecule has 1 heterocycles. The third-order valence-corrected chi connectivity index (χ3v) is 2.37. The molecule has 0 aliphatic rings. The third kappa shape index (κ3) is 6.40. The minimum absolute atomic E-state index is 0.124. The molecule has 0 saturated carbocycles. The number of anilines is 1. The third-order valence-electron chi connectivity index (χ3n) is 2.37. The molecule has 0 unspecified atom stereocenters. The number of rotatable bonds is 7. The molecule has 6 nitrogen and oxygen atoms in total. The molecule has 0 aliphatic carbocycles. The van der Waals surface area contributed by atoms with Gasteiger partial charge in [0, 0.05) is 18.7 Å². The molecule has 1 amide bonds. The fourth-order valence-corrected chi connectivity index (χ4v) is 1.46. The molecule has 19 heavy (non-hydrogen) atoms. The van der Waals surface area contributed by atoms with Gasteiger partial charge in [0.15, 0.2) is 0 Å². The summed E-state index contributed by atoms with van der Waals surface area (Å²) in [4.78, 5) is 26.7. The van der Waals surface area contributed by atoms with Crippen LogP contribution >= 0.6 is 0 Å². The highest BCUT2D eigenvalue weighted by Crippen LogP contribution is 2.01. The van der Waals surface area contributed by atoms with Crippen molar-refractivity contribution < 1.29 is 14.3 Å². The average molecular weight is 265 g/mol. The standard InChI is InChI=1S/C13H19N3O3/c1-2-19-13(18)4-3-7-15-12(17)8-11-6-5-10(14)9-16-11/h5-6,9H,2-4,7-8,14H2,1H3,(H,15,17). The zero-order valence-corrected chi connectivity index (χ0v) is 11.0. The molecule has 0 aliphatic heterocycles. The monoisotopic (exact) mass is 265 g/mol. The zero-order valence-electron chi connectivity index (χ0n) is 11.0. The predicted molar refractivity (Wildman–Crippen MR) is 71.2 cm³/mol. The number of esters is 1. The number of hydrogen-bond donors (Lipinski definition) is 2. The Morgan fingerprint density at radius 1 is 1.42 bits per heavy atom. The molecule has 0 spiro atoms. The molecular weight excluding hydrogens is 246 g/mol. The summed E-state index contributed by atoms with van der Waals surface area (Å²) in [5, 5.41) is 2.73. The lowest BCUT2D eigenvalue weighted by molar-refractivity contribution is -0.143. The van der Waals surface area contributed by atoms with Crippen LogP contribution in [0.4, 0.5) is 5.69 Å². The van der Waals surface area contributed by atoms with Crippen molar-refractivity contribution in [3.05, 3.63) is 24.0 Å². The number of hydrogen-bond acceptors (Lipinski definition) is 5. The van der Waals surface area contributed by atoms with Crippen molar-refractivity contribution in [1.82, 2.24) is 10.3 Å². The largest absolute Gasteiger partial charge is 0.466 e. The first-order chi connectivity index (χ1) is 9.11. The second-order valence-corrected chi connectivity index (χ2v) is 4.02. The van der Waals surface area contributed by atoms with Crippen LogP contribution in [0.25, 0.3) is 0 Å². The van der Waals surface area contributed by atoms with Crippen molar-refractivity contribution in [1.29, 1.82) is 0 Å². The number of carbonyl (C=O) groups is 2. The van der Waals surface area contributed by atoms with Crippen molar-refractivity contribution in [2.45, 2.75) is 26.2 Å². The van der Waals surface area contributed by atoms with Gasteiger partial charge in [-0.15, -0.1) is 0 Å². The molecule has 1 aromatic rings. The molecule has 0 atom stereocenters. The number of amides is 1. The summed E-state index contributed by atoms with van der Waals surface area (Å²) in [5.74, 6) is -0.363. The summed E-state index contributed by atoms with van der Waals surface area (Å²) in [6, 6.07) is 3.42. The Morgan fingerprint density at radius 2 is 2.21 bits per heavy atom.